The van der Waals surface area contributed by atoms with Crippen LogP contribution < -0.4 is 10.6 Å². The van der Waals surface area contributed by atoms with E-state index in [4.69, 9.17) is 0 Å². The summed E-state index contributed by atoms with van der Waals surface area (Å²) in [5.41, 5.74) is 2.68. The van der Waals surface area contributed by atoms with Gasteiger partial charge in [0.1, 0.15) is 0 Å². The predicted octanol–water partition coefficient (Wildman–Crippen LogP) is 5.66. The topological polar surface area (TPSA) is 77.6 Å². The van der Waals surface area contributed by atoms with Crippen molar-refractivity contribution in [2.75, 3.05) is 25.0 Å². The van der Waals surface area contributed by atoms with Crippen molar-refractivity contribution in [2.24, 2.45) is 5.92 Å². The van der Waals surface area contributed by atoms with E-state index in [1.54, 1.807) is 24.3 Å². The number of aromatic nitrogens is 1. The number of rotatable bonds is 5. The van der Waals surface area contributed by atoms with Crippen molar-refractivity contribution >= 4 is 17.7 Å². The molecule has 2 N–H and O–H groups in total. The molecule has 1 saturated heterocycles. The number of pyridine rings is 1. The molecule has 1 saturated carbocycles. The number of fused-ring (bicyclic) bond motifs is 1. The Balaban J connectivity index is 1.07. The molecule has 2 aromatic carbocycles. The van der Waals surface area contributed by atoms with Gasteiger partial charge in [-0.05, 0) is 61.6 Å². The van der Waals surface area contributed by atoms with Crippen LogP contribution >= 0.6 is 0 Å². The fourth-order valence-electron chi connectivity index (χ4n) is 6.21. The molecule has 3 aliphatic rings. The lowest BCUT2D eigenvalue weighted by Crippen LogP contribution is -2.57. The van der Waals surface area contributed by atoms with Gasteiger partial charge in [-0.25, -0.2) is 23.3 Å². The third-order valence-electron chi connectivity index (χ3n) is 8.30. The van der Waals surface area contributed by atoms with E-state index in [9.17, 15) is 18.4 Å². The van der Waals surface area contributed by atoms with Gasteiger partial charge in [0.15, 0.2) is 11.6 Å². The largest absolute Gasteiger partial charge is 0.337 e. The standard InChI is InChI=1S/C30H31F2N5O2/c31-24-13-10-21(15-25(24)32)28-23-5-1-2-7-27(23)35-30(39)37(28)29(38)34-16-19-17-36(18-19)22-11-8-20(9-12-22)26-6-3-4-14-33-26/h1-7,10,13-15,19-20,22,28H,8-9,11-12,16-18H2,(H,34,38)(H,35,39). The van der Waals surface area contributed by atoms with Crippen LogP contribution in [-0.4, -0.2) is 52.5 Å². The van der Waals surface area contributed by atoms with Gasteiger partial charge in [-0.1, -0.05) is 30.3 Å². The van der Waals surface area contributed by atoms with Crippen LogP contribution in [0.3, 0.4) is 0 Å². The summed E-state index contributed by atoms with van der Waals surface area (Å²) in [5, 5.41) is 5.66. The lowest BCUT2D eigenvalue weighted by atomic mass is 9.81. The van der Waals surface area contributed by atoms with E-state index >= 15 is 0 Å². The molecule has 4 amide bonds. The van der Waals surface area contributed by atoms with Gasteiger partial charge >= 0.3 is 12.1 Å². The smallest absolute Gasteiger partial charge is 0.330 e. The Morgan fingerprint density at radius 2 is 1.74 bits per heavy atom. The van der Waals surface area contributed by atoms with E-state index in [2.05, 4.69) is 32.7 Å². The highest BCUT2D eigenvalue weighted by Crippen LogP contribution is 2.39. The number of carbonyl (C=O) groups is 2. The molecule has 1 unspecified atom stereocenters. The summed E-state index contributed by atoms with van der Waals surface area (Å²) in [6, 6.07) is 15.1. The number of amides is 4. The summed E-state index contributed by atoms with van der Waals surface area (Å²) in [6.45, 7) is 2.25. The highest BCUT2D eigenvalue weighted by molar-refractivity contribution is 6.04. The van der Waals surface area contributed by atoms with Crippen molar-refractivity contribution in [3.05, 3.63) is 95.3 Å². The van der Waals surface area contributed by atoms with Crippen molar-refractivity contribution in [2.45, 2.75) is 43.7 Å². The molecule has 0 bridgehead atoms. The number of likely N-dealkylation sites (tertiary alicyclic amines) is 1. The maximum absolute atomic E-state index is 14.1. The van der Waals surface area contributed by atoms with Crippen LogP contribution in [0.15, 0.2) is 66.9 Å². The van der Waals surface area contributed by atoms with Gasteiger partial charge in [0.25, 0.3) is 0 Å². The molecule has 6 rings (SSSR count). The number of anilines is 1. The number of urea groups is 2. The molecule has 2 fully saturated rings. The van der Waals surface area contributed by atoms with Gasteiger partial charge in [-0.3, -0.25) is 9.88 Å². The van der Waals surface area contributed by atoms with Gasteiger partial charge in [0.05, 0.1) is 6.04 Å². The first-order valence-corrected chi connectivity index (χ1v) is 13.5. The lowest BCUT2D eigenvalue weighted by molar-refractivity contribution is 0.0333. The van der Waals surface area contributed by atoms with Crippen molar-refractivity contribution in [1.29, 1.82) is 0 Å². The predicted molar refractivity (Wildman–Crippen MR) is 143 cm³/mol. The van der Waals surface area contributed by atoms with Crippen LogP contribution in [0.25, 0.3) is 0 Å². The van der Waals surface area contributed by atoms with E-state index in [1.165, 1.54) is 11.8 Å². The van der Waals surface area contributed by atoms with Crippen molar-refractivity contribution in [3.8, 4) is 0 Å². The second kappa shape index (κ2) is 10.7. The number of carbonyl (C=O) groups excluding carboxylic acids is 2. The normalized spacial score (nSPS) is 23.5. The Morgan fingerprint density at radius 3 is 2.49 bits per heavy atom. The van der Waals surface area contributed by atoms with E-state index < -0.39 is 29.7 Å². The molecular weight excluding hydrogens is 500 g/mol. The average Bonchev–Trinajstić information content (AvgIpc) is 2.93. The molecule has 39 heavy (non-hydrogen) atoms. The van der Waals surface area contributed by atoms with Gasteiger partial charge in [-0.2, -0.15) is 0 Å². The SMILES string of the molecule is O=C(NCC1CN(C2CCC(c3ccccn3)CC2)C1)N1C(=O)Nc2ccccc2C1c1ccc(F)c(F)c1. The number of nitrogens with one attached hydrogen (secondary N) is 2. The molecule has 0 radical (unpaired) electrons. The van der Waals surface area contributed by atoms with Crippen LogP contribution in [0.1, 0.15) is 54.5 Å². The maximum atomic E-state index is 14.1. The van der Waals surface area contributed by atoms with E-state index in [0.29, 0.717) is 41.2 Å². The van der Waals surface area contributed by atoms with Crippen molar-refractivity contribution in [1.82, 2.24) is 20.1 Å². The van der Waals surface area contributed by atoms with E-state index in [1.807, 2.05) is 12.3 Å². The highest BCUT2D eigenvalue weighted by atomic mass is 19.2. The number of benzene rings is 2. The molecular formula is C30H31F2N5O2. The Kier molecular flexibility index (Phi) is 6.99. The summed E-state index contributed by atoms with van der Waals surface area (Å²) in [4.78, 5) is 34.4. The van der Waals surface area contributed by atoms with Crippen molar-refractivity contribution in [3.63, 3.8) is 0 Å². The molecule has 2 aliphatic heterocycles. The molecule has 202 valence electrons. The van der Waals surface area contributed by atoms with Gasteiger partial charge in [0, 0.05) is 60.7 Å². The number of para-hydroxylation sites is 1. The number of imide groups is 1. The zero-order chi connectivity index (χ0) is 26.9. The minimum atomic E-state index is -1.03. The first kappa shape index (κ1) is 25.4. The van der Waals surface area contributed by atoms with Gasteiger partial charge < -0.3 is 10.6 Å². The second-order valence-electron chi connectivity index (χ2n) is 10.7. The molecule has 1 aliphatic carbocycles. The molecule has 0 spiro atoms. The van der Waals surface area contributed by atoms with Crippen LogP contribution in [0.5, 0.6) is 0 Å². The van der Waals surface area contributed by atoms with Crippen LogP contribution in [-0.2, 0) is 0 Å². The fourth-order valence-corrected chi connectivity index (χ4v) is 6.21. The minimum absolute atomic E-state index is 0.296. The number of hydrogen-bond donors (Lipinski definition) is 2. The summed E-state index contributed by atoms with van der Waals surface area (Å²) >= 11 is 0. The average molecular weight is 532 g/mol. The summed E-state index contributed by atoms with van der Waals surface area (Å²) in [6.07, 6.45) is 6.42. The Bertz CT molecular complexity index is 1360. The number of hydrogen-bond acceptors (Lipinski definition) is 4. The molecule has 1 aromatic heterocycles. The summed E-state index contributed by atoms with van der Waals surface area (Å²) in [7, 11) is 0. The third-order valence-corrected chi connectivity index (χ3v) is 8.30. The minimum Gasteiger partial charge on any atom is -0.337 e. The molecule has 1 atom stereocenters. The Morgan fingerprint density at radius 1 is 0.974 bits per heavy atom. The fraction of sp³-hybridized carbons (Fsp3) is 0.367. The van der Waals surface area contributed by atoms with Crippen LogP contribution in [0.4, 0.5) is 24.1 Å². The van der Waals surface area contributed by atoms with Crippen LogP contribution in [0.2, 0.25) is 0 Å². The molecule has 7 nitrogen and oxygen atoms in total. The zero-order valence-electron chi connectivity index (χ0n) is 21.5. The quantitative estimate of drug-likeness (QED) is 0.445. The summed E-state index contributed by atoms with van der Waals surface area (Å²) < 4.78 is 27.8. The molecule has 3 aromatic rings. The maximum Gasteiger partial charge on any atom is 0.330 e. The van der Waals surface area contributed by atoms with Crippen molar-refractivity contribution < 1.29 is 18.4 Å². The summed E-state index contributed by atoms with van der Waals surface area (Å²) in [5.74, 6) is -1.19. The Hall–Kier alpha value is -3.85. The number of nitrogens with zero attached hydrogens (tertiary/aromatic N) is 3. The van der Waals surface area contributed by atoms with Gasteiger partial charge in [0.2, 0.25) is 0 Å². The van der Waals surface area contributed by atoms with E-state index in [0.717, 1.165) is 55.8 Å². The van der Waals surface area contributed by atoms with Crippen LogP contribution in [0, 0.1) is 17.6 Å². The number of halogens is 2. The monoisotopic (exact) mass is 531 g/mol. The molecule has 3 heterocycles. The second-order valence-corrected chi connectivity index (χ2v) is 10.7. The zero-order valence-corrected chi connectivity index (χ0v) is 21.5. The Labute approximate surface area is 226 Å². The third kappa shape index (κ3) is 5.11. The highest BCUT2D eigenvalue weighted by Gasteiger charge is 2.39. The van der Waals surface area contributed by atoms with Gasteiger partial charge in [-0.15, -0.1) is 0 Å². The first-order chi connectivity index (χ1) is 19.0. The first-order valence-electron chi connectivity index (χ1n) is 13.5. The van der Waals surface area contributed by atoms with E-state index in [-0.39, 0.29) is 0 Å². The lowest BCUT2D eigenvalue weighted by Gasteiger charge is -2.47. The molecule has 9 heteroatoms.